The summed E-state index contributed by atoms with van der Waals surface area (Å²) >= 11 is 0. The molecule has 2 spiro atoms. The van der Waals surface area contributed by atoms with Gasteiger partial charge >= 0.3 is 0 Å². The average molecular weight is 936 g/mol. The summed E-state index contributed by atoms with van der Waals surface area (Å²) in [7, 11) is 0. The van der Waals surface area contributed by atoms with E-state index in [1.807, 2.05) is 12.3 Å². The minimum absolute atomic E-state index is 0.0433. The number of nitrogens with one attached hydrogen (secondary N) is 1. The molecule has 8 N–H and O–H groups in total. The van der Waals surface area contributed by atoms with Crippen molar-refractivity contribution in [1.29, 1.82) is 0 Å². The van der Waals surface area contributed by atoms with Gasteiger partial charge in [-0.3, -0.25) is 14.6 Å². The number of carbonyl (C=O) groups is 1. The number of phenolic OH excluding ortho intramolecular Hbond substituents is 2. The lowest BCUT2D eigenvalue weighted by Crippen LogP contribution is -2.59. The third-order valence-corrected chi connectivity index (χ3v) is 16.1. The van der Waals surface area contributed by atoms with Crippen LogP contribution in [-0.2, 0) is 27.4 Å². The van der Waals surface area contributed by atoms with Crippen molar-refractivity contribution >= 4 is 39.6 Å². The zero-order valence-corrected chi connectivity index (χ0v) is 38.4. The number of ether oxygens (including phenoxy) is 1. The van der Waals surface area contributed by atoms with Crippen LogP contribution in [0, 0.1) is 24.2 Å². The third-order valence-electron chi connectivity index (χ3n) is 16.1. The van der Waals surface area contributed by atoms with Crippen LogP contribution in [0.3, 0.4) is 0 Å². The maximum atomic E-state index is 13.9. The Balaban J connectivity index is 1.06. The fourth-order valence-electron chi connectivity index (χ4n) is 12.6. The largest absolute Gasteiger partial charge is 0.508 e. The van der Waals surface area contributed by atoms with Crippen LogP contribution in [0.2, 0.25) is 0 Å². The molecule has 6 aliphatic rings. The van der Waals surface area contributed by atoms with Crippen molar-refractivity contribution in [1.82, 2.24) is 5.32 Å². The van der Waals surface area contributed by atoms with Crippen molar-refractivity contribution in [3.63, 3.8) is 0 Å². The molecule has 1 saturated heterocycles. The first-order chi connectivity index (χ1) is 32.7. The van der Waals surface area contributed by atoms with Gasteiger partial charge in [0.25, 0.3) is 0 Å². The van der Waals surface area contributed by atoms with Crippen molar-refractivity contribution < 1.29 is 59.5 Å². The van der Waals surface area contributed by atoms with E-state index in [0.717, 1.165) is 56.2 Å². The Kier molecular flexibility index (Phi) is 12.2. The van der Waals surface area contributed by atoms with Crippen LogP contribution >= 0.6 is 0 Å². The van der Waals surface area contributed by atoms with Gasteiger partial charge in [0.15, 0.2) is 16.8 Å². The van der Waals surface area contributed by atoms with Crippen molar-refractivity contribution in [3.05, 3.63) is 93.1 Å². The molecule has 4 aromatic rings. The molecule has 1 amide bonds. The fraction of sp³-hybridized carbons (Fsp3) is 0.519. The van der Waals surface area contributed by atoms with E-state index in [1.54, 1.807) is 19.2 Å². The van der Waals surface area contributed by atoms with Gasteiger partial charge in [-0.2, -0.15) is 0 Å². The van der Waals surface area contributed by atoms with E-state index in [-0.39, 0.29) is 47.1 Å². The Morgan fingerprint density at radius 3 is 2.59 bits per heavy atom. The van der Waals surface area contributed by atoms with Crippen LogP contribution in [0.1, 0.15) is 88.0 Å². The molecule has 1 unspecified atom stereocenters. The number of aliphatic hydroxyl groups excluding tert-OH is 4. The van der Waals surface area contributed by atoms with E-state index in [0.29, 0.717) is 75.9 Å². The summed E-state index contributed by atoms with van der Waals surface area (Å²) in [6, 6.07) is 10.3. The highest BCUT2D eigenvalue weighted by molar-refractivity contribution is 5.97. The van der Waals surface area contributed by atoms with Gasteiger partial charge in [0.2, 0.25) is 5.91 Å². The zero-order valence-electron chi connectivity index (χ0n) is 38.4. The second-order valence-electron chi connectivity index (χ2n) is 20.1. The molecular weight excluding hydrogens is 875 g/mol. The Morgan fingerprint density at radius 1 is 1.00 bits per heavy atom. The smallest absolute Gasteiger partial charge is 0.226 e. The molecule has 362 valence electrons. The molecule has 10 rings (SSSR count). The highest BCUT2D eigenvalue weighted by atomic mass is 17.2. The van der Waals surface area contributed by atoms with Crippen molar-refractivity contribution in [2.45, 2.75) is 133 Å². The minimum Gasteiger partial charge on any atom is -0.508 e. The Morgan fingerprint density at radius 2 is 1.81 bits per heavy atom. The second kappa shape index (κ2) is 17.9. The number of aromatic hydroxyl groups is 2. The molecule has 0 bridgehead atoms. The SMILES string of the molecule is CCC1C2=CC=NC2=CN1c1c2c(cc3c(=O)cc(C)oc13)C[C@@H](OOC[C@@](O)(Cc1ccc(O)c3ccc(O)cc13)[C@@H](O)[C@H](O)[C@H](O)CO)[C@]1(CCC[C@@H]([C@@H]3CNC(=O)C34CCCCC4)C1)O2. The first kappa shape index (κ1) is 46.4. The Labute approximate surface area is 393 Å². The van der Waals surface area contributed by atoms with Gasteiger partial charge in [0, 0.05) is 54.4 Å². The summed E-state index contributed by atoms with van der Waals surface area (Å²) in [5.41, 5.74) is -0.343. The molecular formula is C52H61N3O13. The lowest BCUT2D eigenvalue weighted by atomic mass is 9.59. The van der Waals surface area contributed by atoms with Gasteiger partial charge in [-0.15, -0.1) is 0 Å². The van der Waals surface area contributed by atoms with E-state index in [4.69, 9.17) is 18.9 Å². The lowest BCUT2D eigenvalue weighted by Gasteiger charge is -2.51. The minimum atomic E-state index is -2.41. The van der Waals surface area contributed by atoms with Gasteiger partial charge in [-0.1, -0.05) is 32.3 Å². The lowest BCUT2D eigenvalue weighted by molar-refractivity contribution is -0.375. The maximum absolute atomic E-state index is 13.9. The molecule has 16 heteroatoms. The quantitative estimate of drug-likeness (QED) is 0.0647. The molecule has 5 heterocycles. The molecule has 4 aliphatic heterocycles. The van der Waals surface area contributed by atoms with Crippen LogP contribution in [0.15, 0.2) is 80.2 Å². The molecule has 1 aromatic heterocycles. The molecule has 68 heavy (non-hydrogen) atoms. The predicted molar refractivity (Wildman–Crippen MR) is 251 cm³/mol. The highest BCUT2D eigenvalue weighted by Gasteiger charge is 2.58. The van der Waals surface area contributed by atoms with Gasteiger partial charge in [0.05, 0.1) is 29.1 Å². The van der Waals surface area contributed by atoms with E-state index < -0.39 is 60.7 Å². The van der Waals surface area contributed by atoms with Crippen molar-refractivity contribution in [3.8, 4) is 17.2 Å². The van der Waals surface area contributed by atoms with Crippen LogP contribution in [0.25, 0.3) is 21.7 Å². The first-order valence-corrected chi connectivity index (χ1v) is 24.1. The summed E-state index contributed by atoms with van der Waals surface area (Å²) in [5, 5.41) is 80.7. The number of allylic oxidation sites excluding steroid dienone is 1. The van der Waals surface area contributed by atoms with E-state index in [1.165, 1.54) is 36.4 Å². The zero-order chi connectivity index (χ0) is 47.7. The standard InChI is InChI=1S/C52H61N3O13/c1-3-39-34-13-17-53-38(34)25-55(39)44-46-31(19-36-41(59)18-28(2)66-47(36)44)20-43(52(67-46)16-7-8-30(23-52)37-24-54-49(63)50(37)14-5-4-6-15-50)68-65-27-51(64,48(62)45(61)42(60)26-56)22-29-9-12-40(58)33-11-10-32(57)21-35(29)33/h9-13,17-19,21,25,30,37,39,42-43,45,48,56-58,60-62,64H,3-8,14-16,20,22-24,26-27H2,1-2H3,(H,54,63)/t30-,37+,39?,42-,43-,45-,48+,51+,52-/m1/s1. The highest BCUT2D eigenvalue weighted by Crippen LogP contribution is 2.57. The topological polar surface area (TPSA) is 244 Å². The Bertz CT molecular complexity index is 2780. The predicted octanol–water partition coefficient (Wildman–Crippen LogP) is 5.04. The number of fused-ring (bicyclic) bond motifs is 4. The van der Waals surface area contributed by atoms with Crippen molar-refractivity contribution in [2.75, 3.05) is 24.7 Å². The number of carbonyl (C=O) groups excluding carboxylic acids is 1. The summed E-state index contributed by atoms with van der Waals surface area (Å²) in [5.74, 6) is 0.980. The molecule has 2 aliphatic carbocycles. The van der Waals surface area contributed by atoms with Gasteiger partial charge < -0.3 is 55.1 Å². The second-order valence-corrected chi connectivity index (χ2v) is 20.1. The Hall–Kier alpha value is -5.33. The maximum Gasteiger partial charge on any atom is 0.226 e. The first-order valence-electron chi connectivity index (χ1n) is 24.1. The van der Waals surface area contributed by atoms with E-state index in [9.17, 15) is 45.3 Å². The summed E-state index contributed by atoms with van der Waals surface area (Å²) in [6.45, 7) is 2.72. The van der Waals surface area contributed by atoms with Crippen LogP contribution in [0.4, 0.5) is 5.69 Å². The molecule has 2 saturated carbocycles. The summed E-state index contributed by atoms with van der Waals surface area (Å²) < 4.78 is 14.0. The molecule has 16 nitrogen and oxygen atoms in total. The number of hydrogen-bond acceptors (Lipinski definition) is 15. The number of nitrogens with zero attached hydrogens (tertiary/aromatic N) is 2. The molecule has 3 fully saturated rings. The number of phenols is 2. The molecule has 9 atom stereocenters. The van der Waals surface area contributed by atoms with Crippen LogP contribution in [0.5, 0.6) is 17.2 Å². The van der Waals surface area contributed by atoms with E-state index >= 15 is 0 Å². The number of anilines is 1. The van der Waals surface area contributed by atoms with Gasteiger partial charge in [-0.25, -0.2) is 9.78 Å². The number of aliphatic hydroxyl groups is 5. The number of benzene rings is 3. The third kappa shape index (κ3) is 7.78. The fourth-order valence-corrected chi connectivity index (χ4v) is 12.6. The summed E-state index contributed by atoms with van der Waals surface area (Å²) in [6.07, 6.45) is 6.69. The number of rotatable bonds is 13. The van der Waals surface area contributed by atoms with Gasteiger partial charge in [-0.05, 0) is 111 Å². The number of hydrogen-bond donors (Lipinski definition) is 8. The molecule has 0 radical (unpaired) electrons. The van der Waals surface area contributed by atoms with Crippen molar-refractivity contribution in [2.24, 2.45) is 22.2 Å². The number of aryl methyl sites for hydroxylation is 1. The normalized spacial score (nSPS) is 27.4. The van der Waals surface area contributed by atoms with E-state index in [2.05, 4.69) is 22.1 Å². The molecule has 3 aromatic carbocycles. The summed E-state index contributed by atoms with van der Waals surface area (Å²) in [4.78, 5) is 47.0. The van der Waals surface area contributed by atoms with Crippen LogP contribution < -0.4 is 20.4 Å². The monoisotopic (exact) mass is 935 g/mol. The van der Waals surface area contributed by atoms with Gasteiger partial charge in [0.1, 0.15) is 65.2 Å². The average Bonchev–Trinajstić information content (AvgIpc) is 4.02. The number of amides is 1. The number of aliphatic imine (C=N–C) groups is 1. The van der Waals surface area contributed by atoms with Crippen LogP contribution in [-0.4, -0.2) is 109 Å².